The highest BCUT2D eigenvalue weighted by atomic mass is 79.9. The number of aromatic nitrogens is 1. The van der Waals surface area contributed by atoms with Crippen LogP contribution < -0.4 is 4.74 Å². The van der Waals surface area contributed by atoms with Crippen molar-refractivity contribution in [2.75, 3.05) is 0 Å². The Kier molecular flexibility index (Phi) is 3.80. The van der Waals surface area contributed by atoms with Crippen LogP contribution in [-0.2, 0) is 18.3 Å². The number of halogens is 1. The number of hydrogen-bond donors (Lipinski definition) is 0. The topological polar surface area (TPSA) is 31.2 Å². The highest BCUT2D eigenvalue weighted by molar-refractivity contribution is 9.10. The fourth-order valence-corrected chi connectivity index (χ4v) is 2.64. The SMILES string of the molecule is Cn1c(OC(=O)Cc2ccccc2)cc2ccc(Br)cc21. The van der Waals surface area contributed by atoms with E-state index in [0.29, 0.717) is 5.88 Å². The summed E-state index contributed by atoms with van der Waals surface area (Å²) in [7, 11) is 1.89. The first-order chi connectivity index (χ1) is 10.1. The zero-order valence-electron chi connectivity index (χ0n) is 11.5. The third-order valence-electron chi connectivity index (χ3n) is 3.37. The molecule has 3 aromatic rings. The van der Waals surface area contributed by atoms with Gasteiger partial charge in [-0.25, -0.2) is 0 Å². The second-order valence-electron chi connectivity index (χ2n) is 4.88. The van der Waals surface area contributed by atoms with Gasteiger partial charge < -0.3 is 9.30 Å². The highest BCUT2D eigenvalue weighted by Gasteiger charge is 2.12. The van der Waals surface area contributed by atoms with Gasteiger partial charge >= 0.3 is 5.97 Å². The van der Waals surface area contributed by atoms with E-state index in [4.69, 9.17) is 4.74 Å². The largest absolute Gasteiger partial charge is 0.409 e. The Morgan fingerprint density at radius 1 is 1.14 bits per heavy atom. The fraction of sp³-hybridized carbons (Fsp3) is 0.118. The molecular formula is C17H14BrNO2. The summed E-state index contributed by atoms with van der Waals surface area (Å²) in [5.74, 6) is 0.301. The van der Waals surface area contributed by atoms with Crippen LogP contribution in [0.1, 0.15) is 5.56 Å². The molecule has 21 heavy (non-hydrogen) atoms. The Balaban J connectivity index is 1.81. The molecule has 0 aliphatic rings. The Labute approximate surface area is 131 Å². The first kappa shape index (κ1) is 13.9. The minimum Gasteiger partial charge on any atom is -0.409 e. The average molecular weight is 344 g/mol. The van der Waals surface area contributed by atoms with E-state index in [0.717, 1.165) is 20.9 Å². The molecule has 0 unspecified atom stereocenters. The van der Waals surface area contributed by atoms with Gasteiger partial charge in [-0.1, -0.05) is 52.3 Å². The molecule has 4 heteroatoms. The lowest BCUT2D eigenvalue weighted by atomic mass is 10.2. The number of nitrogens with zero attached hydrogens (tertiary/aromatic N) is 1. The van der Waals surface area contributed by atoms with Crippen molar-refractivity contribution in [3.63, 3.8) is 0 Å². The van der Waals surface area contributed by atoms with Crippen molar-refractivity contribution in [3.05, 3.63) is 64.6 Å². The summed E-state index contributed by atoms with van der Waals surface area (Å²) in [5, 5.41) is 1.04. The summed E-state index contributed by atoms with van der Waals surface area (Å²) in [6.45, 7) is 0. The molecular weight excluding hydrogens is 330 g/mol. The van der Waals surface area contributed by atoms with Crippen LogP contribution in [0.15, 0.2) is 59.1 Å². The molecule has 3 rings (SSSR count). The predicted molar refractivity (Wildman–Crippen MR) is 86.4 cm³/mol. The van der Waals surface area contributed by atoms with E-state index >= 15 is 0 Å². The molecule has 0 fully saturated rings. The lowest BCUT2D eigenvalue weighted by molar-refractivity contribution is -0.134. The van der Waals surface area contributed by atoms with Crippen molar-refractivity contribution in [3.8, 4) is 5.88 Å². The number of ether oxygens (including phenoxy) is 1. The van der Waals surface area contributed by atoms with Crippen molar-refractivity contribution in [2.45, 2.75) is 6.42 Å². The van der Waals surface area contributed by atoms with Gasteiger partial charge in [0.1, 0.15) is 0 Å². The van der Waals surface area contributed by atoms with Crippen LogP contribution in [0.5, 0.6) is 5.88 Å². The van der Waals surface area contributed by atoms with E-state index < -0.39 is 0 Å². The van der Waals surface area contributed by atoms with Crippen LogP contribution in [0.2, 0.25) is 0 Å². The second kappa shape index (κ2) is 5.74. The lowest BCUT2D eigenvalue weighted by Gasteiger charge is -2.06. The quantitative estimate of drug-likeness (QED) is 0.670. The number of rotatable bonds is 3. The number of aryl methyl sites for hydroxylation is 1. The molecule has 0 aliphatic heterocycles. The van der Waals surface area contributed by atoms with Gasteiger partial charge in [0, 0.05) is 23.0 Å². The first-order valence-corrected chi connectivity index (χ1v) is 7.42. The Morgan fingerprint density at radius 2 is 1.90 bits per heavy atom. The smallest absolute Gasteiger partial charge is 0.316 e. The molecule has 0 spiro atoms. The van der Waals surface area contributed by atoms with Gasteiger partial charge in [-0.15, -0.1) is 0 Å². The van der Waals surface area contributed by atoms with E-state index in [9.17, 15) is 4.79 Å². The molecule has 3 nitrogen and oxygen atoms in total. The standard InChI is InChI=1S/C17H14BrNO2/c1-19-15-11-14(18)8-7-13(15)10-16(19)21-17(20)9-12-5-3-2-4-6-12/h2-8,10-11H,9H2,1H3. The van der Waals surface area contributed by atoms with Crippen molar-refractivity contribution >= 4 is 32.8 Å². The number of carbonyl (C=O) groups is 1. The minimum atomic E-state index is -0.258. The fourth-order valence-electron chi connectivity index (χ4n) is 2.29. The minimum absolute atomic E-state index is 0.258. The number of fused-ring (bicyclic) bond motifs is 1. The van der Waals surface area contributed by atoms with E-state index in [2.05, 4.69) is 15.9 Å². The number of benzene rings is 2. The van der Waals surface area contributed by atoms with E-state index in [1.807, 2.05) is 66.2 Å². The zero-order valence-corrected chi connectivity index (χ0v) is 13.1. The maximum atomic E-state index is 12.0. The molecule has 1 aromatic heterocycles. The normalized spacial score (nSPS) is 10.8. The molecule has 0 saturated carbocycles. The van der Waals surface area contributed by atoms with Gasteiger partial charge in [0.05, 0.1) is 11.9 Å². The van der Waals surface area contributed by atoms with Crippen LogP contribution in [0.3, 0.4) is 0 Å². The van der Waals surface area contributed by atoms with Gasteiger partial charge in [0.2, 0.25) is 5.88 Å². The molecule has 0 amide bonds. The van der Waals surface area contributed by atoms with Crippen LogP contribution >= 0.6 is 15.9 Å². The predicted octanol–water partition coefficient (Wildman–Crippen LogP) is 4.09. The summed E-state index contributed by atoms with van der Waals surface area (Å²) in [6, 6.07) is 17.4. The van der Waals surface area contributed by atoms with Gasteiger partial charge in [-0.3, -0.25) is 4.79 Å². The van der Waals surface area contributed by atoms with Gasteiger partial charge in [-0.05, 0) is 17.7 Å². The van der Waals surface area contributed by atoms with Crippen LogP contribution in [0, 0.1) is 0 Å². The van der Waals surface area contributed by atoms with Crippen LogP contribution in [-0.4, -0.2) is 10.5 Å². The molecule has 2 aromatic carbocycles. The van der Waals surface area contributed by atoms with Crippen molar-refractivity contribution in [1.29, 1.82) is 0 Å². The second-order valence-corrected chi connectivity index (χ2v) is 5.80. The summed E-state index contributed by atoms with van der Waals surface area (Å²) < 4.78 is 8.36. The molecule has 0 atom stereocenters. The molecule has 0 saturated heterocycles. The molecule has 106 valence electrons. The van der Waals surface area contributed by atoms with E-state index in [1.165, 1.54) is 0 Å². The summed E-state index contributed by atoms with van der Waals surface area (Å²) in [5.41, 5.74) is 1.97. The van der Waals surface area contributed by atoms with Gasteiger partial charge in [-0.2, -0.15) is 0 Å². The molecule has 0 aliphatic carbocycles. The number of carbonyl (C=O) groups excluding carboxylic acids is 1. The Morgan fingerprint density at radius 3 is 2.67 bits per heavy atom. The van der Waals surface area contributed by atoms with Gasteiger partial charge in [0.25, 0.3) is 0 Å². The van der Waals surface area contributed by atoms with Crippen molar-refractivity contribution < 1.29 is 9.53 Å². The van der Waals surface area contributed by atoms with E-state index in [1.54, 1.807) is 0 Å². The maximum absolute atomic E-state index is 12.0. The van der Waals surface area contributed by atoms with Gasteiger partial charge in [0.15, 0.2) is 0 Å². The summed E-state index contributed by atoms with van der Waals surface area (Å²) >= 11 is 3.45. The van der Waals surface area contributed by atoms with Crippen LogP contribution in [0.4, 0.5) is 0 Å². The number of esters is 1. The van der Waals surface area contributed by atoms with E-state index in [-0.39, 0.29) is 12.4 Å². The third-order valence-corrected chi connectivity index (χ3v) is 3.87. The highest BCUT2D eigenvalue weighted by Crippen LogP contribution is 2.27. The zero-order chi connectivity index (χ0) is 14.8. The maximum Gasteiger partial charge on any atom is 0.316 e. The number of hydrogen-bond acceptors (Lipinski definition) is 2. The van der Waals surface area contributed by atoms with Crippen molar-refractivity contribution in [2.24, 2.45) is 7.05 Å². The van der Waals surface area contributed by atoms with Crippen molar-refractivity contribution in [1.82, 2.24) is 4.57 Å². The lowest BCUT2D eigenvalue weighted by Crippen LogP contribution is -2.12. The Hall–Kier alpha value is -2.07. The third kappa shape index (κ3) is 3.00. The molecule has 1 heterocycles. The monoisotopic (exact) mass is 343 g/mol. The first-order valence-electron chi connectivity index (χ1n) is 6.63. The summed E-state index contributed by atoms with van der Waals surface area (Å²) in [4.78, 5) is 12.0. The molecule has 0 radical (unpaired) electrons. The summed E-state index contributed by atoms with van der Waals surface area (Å²) in [6.07, 6.45) is 0.270. The molecule has 0 bridgehead atoms. The molecule has 0 N–H and O–H groups in total. The van der Waals surface area contributed by atoms with Crippen LogP contribution in [0.25, 0.3) is 10.9 Å². The Bertz CT molecular complexity index is 793. The average Bonchev–Trinajstić information content (AvgIpc) is 2.76.